The van der Waals surface area contributed by atoms with Gasteiger partial charge in [-0.3, -0.25) is 0 Å². The number of carboxylic acid groups (broad SMARTS) is 1. The molecule has 1 aromatic carbocycles. The number of hydrogen-bond donors (Lipinski definition) is 1. The number of benzene rings is 1. The SMILES string of the molecule is O=C(O)c1cc(Cl)cc(S(=O)(=O)CCF)c1F. The lowest BCUT2D eigenvalue weighted by Gasteiger charge is -2.06. The average molecular weight is 285 g/mol. The quantitative estimate of drug-likeness (QED) is 0.917. The Morgan fingerprint density at radius 1 is 1.41 bits per heavy atom. The molecule has 0 radical (unpaired) electrons. The molecule has 1 N–H and O–H groups in total. The number of aromatic carboxylic acids is 1. The van der Waals surface area contributed by atoms with Gasteiger partial charge in [-0.2, -0.15) is 0 Å². The van der Waals surface area contributed by atoms with Gasteiger partial charge in [0.25, 0.3) is 0 Å². The zero-order chi connectivity index (χ0) is 13.2. The van der Waals surface area contributed by atoms with E-state index in [0.29, 0.717) is 0 Å². The van der Waals surface area contributed by atoms with Crippen molar-refractivity contribution >= 4 is 27.4 Å². The predicted molar refractivity (Wildman–Crippen MR) is 56.4 cm³/mol. The molecule has 0 aromatic heterocycles. The maximum Gasteiger partial charge on any atom is 0.338 e. The minimum Gasteiger partial charge on any atom is -0.478 e. The molecular formula is C9H7ClF2O4S. The van der Waals surface area contributed by atoms with Crippen LogP contribution >= 0.6 is 11.6 Å². The Labute approximate surface area is 101 Å². The van der Waals surface area contributed by atoms with Crippen LogP contribution in [0.25, 0.3) is 0 Å². The Kier molecular flexibility index (Phi) is 4.05. The summed E-state index contributed by atoms with van der Waals surface area (Å²) in [6, 6.07) is 1.54. The molecule has 0 aliphatic heterocycles. The van der Waals surface area contributed by atoms with Gasteiger partial charge >= 0.3 is 5.97 Å². The topological polar surface area (TPSA) is 71.4 Å². The van der Waals surface area contributed by atoms with Crippen LogP contribution in [0.5, 0.6) is 0 Å². The molecule has 0 bridgehead atoms. The molecule has 1 rings (SSSR count). The van der Waals surface area contributed by atoms with Gasteiger partial charge in [0.15, 0.2) is 15.7 Å². The van der Waals surface area contributed by atoms with E-state index in [2.05, 4.69) is 0 Å². The van der Waals surface area contributed by atoms with Crippen LogP contribution in [-0.2, 0) is 9.84 Å². The van der Waals surface area contributed by atoms with Crippen LogP contribution in [0.2, 0.25) is 5.02 Å². The third-order valence-electron chi connectivity index (χ3n) is 1.92. The third kappa shape index (κ3) is 2.92. The van der Waals surface area contributed by atoms with Crippen LogP contribution in [0.4, 0.5) is 8.78 Å². The molecule has 0 saturated heterocycles. The van der Waals surface area contributed by atoms with Gasteiger partial charge in [0, 0.05) is 5.02 Å². The van der Waals surface area contributed by atoms with Crippen molar-refractivity contribution in [3.8, 4) is 0 Å². The Hall–Kier alpha value is -1.21. The monoisotopic (exact) mass is 284 g/mol. The summed E-state index contributed by atoms with van der Waals surface area (Å²) >= 11 is 5.48. The van der Waals surface area contributed by atoms with Gasteiger partial charge in [-0.25, -0.2) is 22.0 Å². The second-order valence-electron chi connectivity index (χ2n) is 3.08. The van der Waals surface area contributed by atoms with Crippen molar-refractivity contribution in [2.75, 3.05) is 12.4 Å². The van der Waals surface area contributed by atoms with Crippen molar-refractivity contribution < 1.29 is 27.1 Å². The Morgan fingerprint density at radius 3 is 2.47 bits per heavy atom. The Morgan fingerprint density at radius 2 is 2.00 bits per heavy atom. The molecule has 0 saturated carbocycles. The zero-order valence-electron chi connectivity index (χ0n) is 8.28. The van der Waals surface area contributed by atoms with Crippen LogP contribution in [0.3, 0.4) is 0 Å². The van der Waals surface area contributed by atoms with E-state index < -0.39 is 44.5 Å². The molecule has 0 heterocycles. The summed E-state index contributed by atoms with van der Waals surface area (Å²) in [4.78, 5) is 9.74. The summed E-state index contributed by atoms with van der Waals surface area (Å²) in [5.41, 5.74) is -0.866. The third-order valence-corrected chi connectivity index (χ3v) is 3.79. The zero-order valence-corrected chi connectivity index (χ0v) is 9.86. The van der Waals surface area contributed by atoms with E-state index in [-0.39, 0.29) is 5.02 Å². The lowest BCUT2D eigenvalue weighted by molar-refractivity contribution is 0.0691. The number of sulfone groups is 1. The maximum atomic E-state index is 13.6. The number of halogens is 3. The highest BCUT2D eigenvalue weighted by Crippen LogP contribution is 2.24. The summed E-state index contributed by atoms with van der Waals surface area (Å²) in [5.74, 6) is -4.01. The number of carboxylic acids is 1. The predicted octanol–water partition coefficient (Wildman–Crippen LogP) is 1.92. The molecular weight excluding hydrogens is 278 g/mol. The van der Waals surface area contributed by atoms with Crippen molar-refractivity contribution in [2.24, 2.45) is 0 Å². The van der Waals surface area contributed by atoms with Crippen molar-refractivity contribution in [1.82, 2.24) is 0 Å². The number of alkyl halides is 1. The van der Waals surface area contributed by atoms with Crippen molar-refractivity contribution in [3.05, 3.63) is 28.5 Å². The minimum absolute atomic E-state index is 0.249. The molecule has 1 aromatic rings. The van der Waals surface area contributed by atoms with Crippen LogP contribution in [0, 0.1) is 5.82 Å². The summed E-state index contributed by atoms with van der Waals surface area (Å²) in [7, 11) is -4.22. The van der Waals surface area contributed by atoms with E-state index in [1.165, 1.54) is 0 Å². The summed E-state index contributed by atoms with van der Waals surface area (Å²) in [5, 5.41) is 8.39. The molecule has 0 spiro atoms. The largest absolute Gasteiger partial charge is 0.478 e. The molecule has 17 heavy (non-hydrogen) atoms. The second kappa shape index (κ2) is 4.97. The molecule has 0 atom stereocenters. The van der Waals surface area contributed by atoms with E-state index in [1.54, 1.807) is 0 Å². The van der Waals surface area contributed by atoms with Crippen molar-refractivity contribution in [1.29, 1.82) is 0 Å². The van der Waals surface area contributed by atoms with E-state index in [4.69, 9.17) is 16.7 Å². The Balaban J connectivity index is 3.50. The minimum atomic E-state index is -4.22. The first-order valence-corrected chi connectivity index (χ1v) is 6.33. The van der Waals surface area contributed by atoms with E-state index >= 15 is 0 Å². The second-order valence-corrected chi connectivity index (χ2v) is 5.59. The molecule has 0 aliphatic carbocycles. The van der Waals surface area contributed by atoms with Crippen LogP contribution in [0.15, 0.2) is 17.0 Å². The standard InChI is InChI=1S/C9H7ClF2O4S/c10-5-3-6(9(13)14)8(12)7(4-5)17(15,16)2-1-11/h3-4H,1-2H2,(H,13,14). The highest BCUT2D eigenvalue weighted by molar-refractivity contribution is 7.91. The molecule has 8 heteroatoms. The molecule has 0 aliphatic rings. The van der Waals surface area contributed by atoms with Gasteiger partial charge in [-0.1, -0.05) is 11.6 Å². The maximum absolute atomic E-state index is 13.6. The molecule has 0 fully saturated rings. The van der Waals surface area contributed by atoms with Gasteiger partial charge in [0.2, 0.25) is 0 Å². The fourth-order valence-electron chi connectivity index (χ4n) is 1.16. The molecule has 0 amide bonds. The summed E-state index contributed by atoms with van der Waals surface area (Å²) in [6.07, 6.45) is 0. The first-order valence-electron chi connectivity index (χ1n) is 4.30. The van der Waals surface area contributed by atoms with Gasteiger partial charge in [-0.15, -0.1) is 0 Å². The first kappa shape index (κ1) is 13.9. The van der Waals surface area contributed by atoms with Crippen LogP contribution < -0.4 is 0 Å². The summed E-state index contributed by atoms with van der Waals surface area (Å²) in [6.45, 7) is -1.20. The van der Waals surface area contributed by atoms with Gasteiger partial charge in [0.1, 0.15) is 11.6 Å². The number of hydrogen-bond acceptors (Lipinski definition) is 3. The number of rotatable bonds is 4. The normalized spacial score (nSPS) is 11.5. The van der Waals surface area contributed by atoms with Gasteiger partial charge in [0.05, 0.1) is 11.3 Å². The highest BCUT2D eigenvalue weighted by atomic mass is 35.5. The average Bonchev–Trinajstić information content (AvgIpc) is 2.20. The number of carbonyl (C=O) groups is 1. The van der Waals surface area contributed by atoms with Crippen molar-refractivity contribution in [2.45, 2.75) is 4.90 Å². The lowest BCUT2D eigenvalue weighted by atomic mass is 10.2. The lowest BCUT2D eigenvalue weighted by Crippen LogP contribution is -2.13. The van der Waals surface area contributed by atoms with E-state index in [1.807, 2.05) is 0 Å². The smallest absolute Gasteiger partial charge is 0.338 e. The Bertz CT molecular complexity index is 556. The van der Waals surface area contributed by atoms with Gasteiger partial charge in [-0.05, 0) is 12.1 Å². The van der Waals surface area contributed by atoms with E-state index in [0.717, 1.165) is 12.1 Å². The molecule has 94 valence electrons. The van der Waals surface area contributed by atoms with Crippen LogP contribution in [-0.4, -0.2) is 31.9 Å². The molecule has 4 nitrogen and oxygen atoms in total. The summed E-state index contributed by atoms with van der Waals surface area (Å²) < 4.78 is 48.5. The highest BCUT2D eigenvalue weighted by Gasteiger charge is 2.24. The van der Waals surface area contributed by atoms with E-state index in [9.17, 15) is 22.0 Å². The molecule has 0 unspecified atom stereocenters. The van der Waals surface area contributed by atoms with Crippen LogP contribution in [0.1, 0.15) is 10.4 Å². The van der Waals surface area contributed by atoms with Crippen molar-refractivity contribution in [3.63, 3.8) is 0 Å². The van der Waals surface area contributed by atoms with Gasteiger partial charge < -0.3 is 5.11 Å². The first-order chi connectivity index (χ1) is 7.79. The fraction of sp³-hybridized carbons (Fsp3) is 0.222. The fourth-order valence-corrected chi connectivity index (χ4v) is 2.55.